The molecule has 0 amide bonds. The largest absolute Gasteiger partial charge is 0.459 e. The van der Waals surface area contributed by atoms with Crippen molar-refractivity contribution < 1.29 is 23.8 Å². The zero-order valence-corrected chi connectivity index (χ0v) is 24.2. The van der Waals surface area contributed by atoms with Crippen LogP contribution in [0.1, 0.15) is 63.7 Å². The van der Waals surface area contributed by atoms with E-state index in [1.807, 2.05) is 48.9 Å². The van der Waals surface area contributed by atoms with Crippen LogP contribution in [0.5, 0.6) is 0 Å². The minimum Gasteiger partial charge on any atom is -0.459 e. The molecule has 2 aromatic carbocycles. The lowest BCUT2D eigenvalue weighted by Gasteiger charge is -2.19. The van der Waals surface area contributed by atoms with Gasteiger partial charge in [-0.1, -0.05) is 42.3 Å². The van der Waals surface area contributed by atoms with Gasteiger partial charge in [0.05, 0.1) is 17.5 Å². The minimum absolute atomic E-state index is 0.0999. The van der Waals surface area contributed by atoms with Gasteiger partial charge >= 0.3 is 11.9 Å². The molecule has 6 rings (SSSR count). The summed E-state index contributed by atoms with van der Waals surface area (Å²) in [5.74, 6) is 0.540. The van der Waals surface area contributed by atoms with Crippen LogP contribution in [-0.4, -0.2) is 59.8 Å². The van der Waals surface area contributed by atoms with Crippen LogP contribution in [0.3, 0.4) is 0 Å². The molecule has 11 heteroatoms. The van der Waals surface area contributed by atoms with Gasteiger partial charge in [0, 0.05) is 25.2 Å². The van der Waals surface area contributed by atoms with E-state index in [1.165, 1.54) is 6.33 Å². The Hall–Kier alpha value is -4.90. The molecule has 0 radical (unpaired) electrons. The number of imidazole rings is 2. The Balaban J connectivity index is 1.26. The number of rotatable bonds is 9. The zero-order chi connectivity index (χ0) is 29.9. The van der Waals surface area contributed by atoms with Crippen molar-refractivity contribution in [1.82, 2.24) is 29.1 Å². The number of esters is 2. The molecule has 1 aliphatic heterocycles. The van der Waals surface area contributed by atoms with Crippen molar-refractivity contribution in [3.63, 3.8) is 0 Å². The van der Waals surface area contributed by atoms with Crippen LogP contribution in [0.4, 0.5) is 0 Å². The lowest BCUT2D eigenvalue weighted by molar-refractivity contribution is -0.0563. The molecule has 3 atom stereocenters. The van der Waals surface area contributed by atoms with Crippen LogP contribution in [0.15, 0.2) is 73.6 Å². The van der Waals surface area contributed by atoms with E-state index in [4.69, 9.17) is 14.2 Å². The lowest BCUT2D eigenvalue weighted by Crippen LogP contribution is -2.32. The Labute approximate surface area is 248 Å². The summed E-state index contributed by atoms with van der Waals surface area (Å²) < 4.78 is 21.6. The number of carbonyl (C=O) groups excluding carboxylic acids is 2. The molecule has 43 heavy (non-hydrogen) atoms. The van der Waals surface area contributed by atoms with Gasteiger partial charge in [-0.25, -0.2) is 29.5 Å². The molecule has 0 unspecified atom stereocenters. The Kier molecular flexibility index (Phi) is 7.97. The highest BCUT2D eigenvalue weighted by Crippen LogP contribution is 2.34. The van der Waals surface area contributed by atoms with E-state index in [9.17, 15) is 9.59 Å². The molecule has 4 heterocycles. The van der Waals surface area contributed by atoms with Crippen LogP contribution in [-0.2, 0) is 20.6 Å². The van der Waals surface area contributed by atoms with E-state index in [2.05, 4.69) is 26.9 Å². The maximum Gasteiger partial charge on any atom is 0.338 e. The van der Waals surface area contributed by atoms with Crippen LogP contribution in [0.25, 0.3) is 17.0 Å². The first kappa shape index (κ1) is 28.2. The summed E-state index contributed by atoms with van der Waals surface area (Å²) in [6, 6.07) is 14.3. The number of benzene rings is 2. The maximum atomic E-state index is 13.1. The van der Waals surface area contributed by atoms with Crippen molar-refractivity contribution in [3.8, 4) is 5.82 Å². The topological polar surface area (TPSA) is 123 Å². The first-order valence-electron chi connectivity index (χ1n) is 14.3. The number of fused-ring (bicyclic) bond motifs is 1. The number of aromatic nitrogens is 6. The lowest BCUT2D eigenvalue weighted by atomic mass is 10.1. The standard InChI is InChI=1S/C32H32N6O5/c1-4-5-26-33-14-15-37(26)29-28-30(35-18-34-29)38(19-36-28)27-16-24(43-32(40)23-12-8-21(3)9-13-23)25(42-27)17-41-31(39)22-10-6-20(2)7-11-22/h6-15,18-19,24-25,27H,4-5,16-17H2,1-3H3/t24-,25+,27+/m0/s1. The predicted octanol–water partition coefficient (Wildman–Crippen LogP) is 4.95. The molecule has 3 aromatic heterocycles. The average molecular weight is 581 g/mol. The second-order valence-electron chi connectivity index (χ2n) is 10.6. The summed E-state index contributed by atoms with van der Waals surface area (Å²) in [6.07, 6.45) is 6.79. The smallest absolute Gasteiger partial charge is 0.338 e. The summed E-state index contributed by atoms with van der Waals surface area (Å²) in [4.78, 5) is 43.9. The van der Waals surface area contributed by atoms with Crippen molar-refractivity contribution in [2.45, 2.75) is 58.5 Å². The van der Waals surface area contributed by atoms with Gasteiger partial charge in [0.15, 0.2) is 17.0 Å². The third-order valence-electron chi connectivity index (χ3n) is 7.46. The van der Waals surface area contributed by atoms with Gasteiger partial charge < -0.3 is 14.2 Å². The van der Waals surface area contributed by atoms with Gasteiger partial charge in [-0.05, 0) is 44.5 Å². The molecule has 0 saturated carbocycles. The molecule has 0 bridgehead atoms. The highest BCUT2D eigenvalue weighted by Gasteiger charge is 2.41. The highest BCUT2D eigenvalue weighted by atomic mass is 16.6. The molecule has 0 aliphatic carbocycles. The van der Waals surface area contributed by atoms with Gasteiger partial charge in [0.1, 0.15) is 37.2 Å². The first-order valence-corrected chi connectivity index (χ1v) is 14.3. The van der Waals surface area contributed by atoms with Crippen molar-refractivity contribution in [3.05, 3.63) is 102 Å². The molecule has 1 aliphatic rings. The van der Waals surface area contributed by atoms with E-state index < -0.39 is 30.4 Å². The number of hydrogen-bond acceptors (Lipinski definition) is 9. The van der Waals surface area contributed by atoms with Crippen molar-refractivity contribution in [2.75, 3.05) is 6.61 Å². The Bertz CT molecular complexity index is 1740. The van der Waals surface area contributed by atoms with E-state index in [-0.39, 0.29) is 6.61 Å². The number of ether oxygens (including phenoxy) is 3. The third kappa shape index (κ3) is 5.89. The molecule has 0 spiro atoms. The van der Waals surface area contributed by atoms with Gasteiger partial charge in [-0.15, -0.1) is 0 Å². The van der Waals surface area contributed by atoms with Gasteiger partial charge in [0.2, 0.25) is 0 Å². The van der Waals surface area contributed by atoms with E-state index in [0.717, 1.165) is 29.8 Å². The van der Waals surface area contributed by atoms with Gasteiger partial charge in [-0.3, -0.25) is 9.13 Å². The third-order valence-corrected chi connectivity index (χ3v) is 7.46. The first-order chi connectivity index (χ1) is 20.9. The number of hydrogen-bond donors (Lipinski definition) is 0. The Morgan fingerprint density at radius 1 is 0.930 bits per heavy atom. The quantitative estimate of drug-likeness (QED) is 0.223. The molecule has 0 N–H and O–H groups in total. The Morgan fingerprint density at radius 2 is 1.63 bits per heavy atom. The SMILES string of the molecule is CCCc1nccn1-c1ncnc2c1ncn2[C@H]1C[C@H](OC(=O)c2ccc(C)cc2)[C@@H](COC(=O)c2ccc(C)cc2)O1. The number of nitrogens with zero attached hydrogens (tertiary/aromatic N) is 6. The minimum atomic E-state index is -0.711. The zero-order valence-electron chi connectivity index (χ0n) is 24.2. The molecule has 11 nitrogen and oxygen atoms in total. The summed E-state index contributed by atoms with van der Waals surface area (Å²) >= 11 is 0. The van der Waals surface area contributed by atoms with Crippen molar-refractivity contribution in [1.29, 1.82) is 0 Å². The highest BCUT2D eigenvalue weighted by molar-refractivity contribution is 5.90. The van der Waals surface area contributed by atoms with Crippen LogP contribution in [0, 0.1) is 13.8 Å². The molecule has 220 valence electrons. The predicted molar refractivity (Wildman–Crippen MR) is 157 cm³/mol. The fourth-order valence-electron chi connectivity index (χ4n) is 5.13. The second kappa shape index (κ2) is 12.1. The fourth-order valence-corrected chi connectivity index (χ4v) is 5.13. The monoisotopic (exact) mass is 580 g/mol. The van der Waals surface area contributed by atoms with Crippen molar-refractivity contribution in [2.24, 2.45) is 0 Å². The van der Waals surface area contributed by atoms with Crippen LogP contribution >= 0.6 is 0 Å². The van der Waals surface area contributed by atoms with Gasteiger partial charge in [0.25, 0.3) is 0 Å². The average Bonchev–Trinajstić information content (AvgIpc) is 3.75. The number of carbonyl (C=O) groups is 2. The van der Waals surface area contributed by atoms with Crippen LogP contribution in [0.2, 0.25) is 0 Å². The van der Waals surface area contributed by atoms with E-state index in [1.54, 1.807) is 41.4 Å². The van der Waals surface area contributed by atoms with Gasteiger partial charge in [-0.2, -0.15) is 0 Å². The number of aryl methyl sites for hydroxylation is 3. The Morgan fingerprint density at radius 3 is 2.33 bits per heavy atom. The van der Waals surface area contributed by atoms with E-state index in [0.29, 0.717) is 34.5 Å². The molecule has 1 fully saturated rings. The molecular formula is C32H32N6O5. The fraction of sp³-hybridized carbons (Fsp3) is 0.312. The van der Waals surface area contributed by atoms with Crippen LogP contribution < -0.4 is 0 Å². The summed E-state index contributed by atoms with van der Waals surface area (Å²) in [5.41, 5.74) is 4.08. The second-order valence-corrected chi connectivity index (χ2v) is 10.6. The maximum absolute atomic E-state index is 13.1. The molecule has 5 aromatic rings. The normalized spacial score (nSPS) is 18.2. The summed E-state index contributed by atoms with van der Waals surface area (Å²) in [5, 5.41) is 0. The molecular weight excluding hydrogens is 548 g/mol. The van der Waals surface area contributed by atoms with Crippen molar-refractivity contribution >= 4 is 23.1 Å². The van der Waals surface area contributed by atoms with E-state index >= 15 is 0 Å². The molecule has 1 saturated heterocycles. The summed E-state index contributed by atoms with van der Waals surface area (Å²) in [6.45, 7) is 5.89. The summed E-state index contributed by atoms with van der Waals surface area (Å²) in [7, 11) is 0.